The largest absolute Gasteiger partial charge is 0.485 e. The van der Waals surface area contributed by atoms with Crippen LogP contribution in [0.25, 0.3) is 0 Å². The molecular formula is C18H22N4O6. The number of urea groups is 1. The lowest BCUT2D eigenvalue weighted by molar-refractivity contribution is -0.127. The highest BCUT2D eigenvalue weighted by atomic mass is 16.5. The van der Waals surface area contributed by atoms with Crippen LogP contribution in [0.15, 0.2) is 28.8 Å². The van der Waals surface area contributed by atoms with Crippen LogP contribution in [0.3, 0.4) is 0 Å². The lowest BCUT2D eigenvalue weighted by atomic mass is 10.2. The Labute approximate surface area is 161 Å². The van der Waals surface area contributed by atoms with Crippen LogP contribution in [-0.4, -0.2) is 40.2 Å². The summed E-state index contributed by atoms with van der Waals surface area (Å²) in [4.78, 5) is 39.6. The fourth-order valence-electron chi connectivity index (χ4n) is 2.03. The summed E-state index contributed by atoms with van der Waals surface area (Å²) in [6, 6.07) is 5.36. The Hall–Kier alpha value is -3.43. The van der Waals surface area contributed by atoms with Gasteiger partial charge in [-0.15, -0.1) is 0 Å². The minimum atomic E-state index is -1.14. The Kier molecular flexibility index (Phi) is 7.08. The maximum atomic E-state index is 12.1. The molecule has 1 heterocycles. The molecule has 1 atom stereocenters. The highest BCUT2D eigenvalue weighted by Gasteiger charge is 2.21. The first-order valence-electron chi connectivity index (χ1n) is 8.59. The summed E-state index contributed by atoms with van der Waals surface area (Å²) >= 11 is 0. The lowest BCUT2D eigenvalue weighted by Crippen LogP contribution is -2.46. The molecule has 0 fully saturated rings. The van der Waals surface area contributed by atoms with E-state index in [-0.39, 0.29) is 18.2 Å². The van der Waals surface area contributed by atoms with Crippen LogP contribution in [0.4, 0.5) is 4.79 Å². The molecule has 10 heteroatoms. The van der Waals surface area contributed by atoms with Crippen molar-refractivity contribution in [1.82, 2.24) is 20.8 Å². The first-order valence-corrected chi connectivity index (χ1v) is 8.59. The predicted molar refractivity (Wildman–Crippen MR) is 96.5 cm³/mol. The van der Waals surface area contributed by atoms with E-state index in [9.17, 15) is 14.4 Å². The van der Waals surface area contributed by atoms with Gasteiger partial charge in [0.1, 0.15) is 5.75 Å². The summed E-state index contributed by atoms with van der Waals surface area (Å²) in [7, 11) is 0. The highest BCUT2D eigenvalue weighted by Crippen LogP contribution is 2.15. The van der Waals surface area contributed by atoms with E-state index in [0.29, 0.717) is 17.5 Å². The Morgan fingerprint density at radius 2 is 1.82 bits per heavy atom. The second kappa shape index (κ2) is 9.49. The zero-order valence-electron chi connectivity index (χ0n) is 16.0. The number of carbonyl (C=O) groups excluding carboxylic acids is 3. The van der Waals surface area contributed by atoms with Gasteiger partial charge in [0.2, 0.25) is 11.7 Å². The van der Waals surface area contributed by atoms with Crippen molar-refractivity contribution in [1.29, 1.82) is 0 Å². The Morgan fingerprint density at radius 3 is 2.39 bits per heavy atom. The van der Waals surface area contributed by atoms with Gasteiger partial charge in [-0.2, -0.15) is 4.98 Å². The zero-order valence-corrected chi connectivity index (χ0v) is 16.0. The monoisotopic (exact) mass is 390 g/mol. The number of aromatic nitrogens is 2. The van der Waals surface area contributed by atoms with Crippen LogP contribution in [0, 0.1) is 6.92 Å². The quantitative estimate of drug-likeness (QED) is 0.683. The second-order valence-electron chi connectivity index (χ2n) is 6.21. The van der Waals surface area contributed by atoms with Gasteiger partial charge in [0.25, 0.3) is 5.91 Å². The van der Waals surface area contributed by atoms with E-state index in [0.717, 1.165) is 0 Å². The fraction of sp³-hybridized carbons (Fsp3) is 0.389. The van der Waals surface area contributed by atoms with Gasteiger partial charge in [-0.1, -0.05) is 5.16 Å². The predicted octanol–water partition coefficient (Wildman–Crippen LogP) is 1.74. The molecule has 0 aliphatic rings. The fourth-order valence-corrected chi connectivity index (χ4v) is 2.03. The van der Waals surface area contributed by atoms with Crippen molar-refractivity contribution in [2.75, 3.05) is 0 Å². The van der Waals surface area contributed by atoms with Crippen molar-refractivity contribution in [3.05, 3.63) is 41.5 Å². The molecule has 0 saturated carbocycles. The van der Waals surface area contributed by atoms with Crippen molar-refractivity contribution in [2.45, 2.75) is 46.4 Å². The zero-order chi connectivity index (χ0) is 20.7. The number of benzene rings is 1. The van der Waals surface area contributed by atoms with Crippen molar-refractivity contribution < 1.29 is 28.4 Å². The van der Waals surface area contributed by atoms with Crippen molar-refractivity contribution in [3.63, 3.8) is 0 Å². The number of carbonyl (C=O) groups is 3. The third kappa shape index (κ3) is 6.38. The average molecular weight is 390 g/mol. The van der Waals surface area contributed by atoms with Gasteiger partial charge in [-0.3, -0.25) is 10.1 Å². The van der Waals surface area contributed by atoms with E-state index in [1.54, 1.807) is 32.9 Å². The summed E-state index contributed by atoms with van der Waals surface area (Å²) < 4.78 is 15.4. The minimum absolute atomic E-state index is 0.122. The Morgan fingerprint density at radius 1 is 1.14 bits per heavy atom. The summed E-state index contributed by atoms with van der Waals surface area (Å²) in [6.07, 6.45) is -1.14. The van der Waals surface area contributed by atoms with E-state index in [4.69, 9.17) is 14.0 Å². The van der Waals surface area contributed by atoms with E-state index in [2.05, 4.69) is 20.8 Å². The summed E-state index contributed by atoms with van der Waals surface area (Å²) in [5, 5.41) is 8.32. The standard InChI is InChI=1S/C18H22N4O6/c1-10(2)19-18(25)21-16(23)11(3)27-17(24)13-5-7-14(8-6-13)26-9-15-20-12(4)28-22-15/h5-8,10-11H,9H2,1-4H3,(H2,19,21,23,25). The third-order valence-electron chi connectivity index (χ3n) is 3.34. The molecule has 0 saturated heterocycles. The van der Waals surface area contributed by atoms with Crippen LogP contribution in [0.1, 0.15) is 42.8 Å². The number of rotatable bonds is 7. The van der Waals surface area contributed by atoms with Crippen molar-refractivity contribution in [2.24, 2.45) is 0 Å². The van der Waals surface area contributed by atoms with Crippen LogP contribution >= 0.6 is 0 Å². The minimum Gasteiger partial charge on any atom is -0.485 e. The molecule has 0 spiro atoms. The maximum absolute atomic E-state index is 12.1. The van der Waals surface area contributed by atoms with Crippen LogP contribution in [0.2, 0.25) is 0 Å². The van der Waals surface area contributed by atoms with Gasteiger partial charge in [0.05, 0.1) is 5.56 Å². The topological polar surface area (TPSA) is 133 Å². The average Bonchev–Trinajstić information content (AvgIpc) is 3.04. The SMILES string of the molecule is Cc1nc(COc2ccc(C(=O)OC(C)C(=O)NC(=O)NC(C)C)cc2)no1. The van der Waals surface area contributed by atoms with Gasteiger partial charge in [0.15, 0.2) is 12.7 Å². The number of aryl methyl sites for hydroxylation is 1. The van der Waals surface area contributed by atoms with Gasteiger partial charge < -0.3 is 19.3 Å². The number of esters is 1. The molecule has 150 valence electrons. The van der Waals surface area contributed by atoms with Gasteiger partial charge in [-0.25, -0.2) is 9.59 Å². The normalized spacial score (nSPS) is 11.6. The third-order valence-corrected chi connectivity index (χ3v) is 3.34. The molecule has 1 unspecified atom stereocenters. The molecule has 3 amide bonds. The number of ether oxygens (including phenoxy) is 2. The molecule has 0 aliphatic heterocycles. The molecule has 0 radical (unpaired) electrons. The Bertz CT molecular complexity index is 831. The van der Waals surface area contributed by atoms with Crippen LogP contribution in [-0.2, 0) is 16.1 Å². The molecule has 2 rings (SSSR count). The van der Waals surface area contributed by atoms with E-state index in [1.165, 1.54) is 19.1 Å². The van der Waals surface area contributed by atoms with Crippen LogP contribution in [0.5, 0.6) is 5.75 Å². The maximum Gasteiger partial charge on any atom is 0.338 e. The molecule has 28 heavy (non-hydrogen) atoms. The number of hydrogen-bond donors (Lipinski definition) is 2. The van der Waals surface area contributed by atoms with E-state index >= 15 is 0 Å². The number of nitrogens with zero attached hydrogens (tertiary/aromatic N) is 2. The van der Waals surface area contributed by atoms with E-state index < -0.39 is 24.0 Å². The summed E-state index contributed by atoms with van der Waals surface area (Å²) in [5.41, 5.74) is 0.231. The highest BCUT2D eigenvalue weighted by molar-refractivity contribution is 5.98. The molecule has 1 aromatic carbocycles. The summed E-state index contributed by atoms with van der Waals surface area (Å²) in [6.45, 7) is 6.68. The molecular weight excluding hydrogens is 368 g/mol. The van der Waals surface area contributed by atoms with Crippen LogP contribution < -0.4 is 15.4 Å². The molecule has 0 bridgehead atoms. The molecule has 10 nitrogen and oxygen atoms in total. The van der Waals surface area contributed by atoms with Crippen molar-refractivity contribution in [3.8, 4) is 5.75 Å². The second-order valence-corrected chi connectivity index (χ2v) is 6.21. The van der Waals surface area contributed by atoms with Gasteiger partial charge in [0, 0.05) is 13.0 Å². The Balaban J connectivity index is 1.84. The smallest absolute Gasteiger partial charge is 0.338 e. The molecule has 0 aliphatic carbocycles. The number of imide groups is 1. The number of hydrogen-bond acceptors (Lipinski definition) is 8. The van der Waals surface area contributed by atoms with Gasteiger partial charge in [-0.05, 0) is 45.0 Å². The molecule has 2 aromatic rings. The molecule has 1 aromatic heterocycles. The van der Waals surface area contributed by atoms with Gasteiger partial charge >= 0.3 is 12.0 Å². The molecule has 2 N–H and O–H groups in total. The first kappa shape index (κ1) is 20.9. The summed E-state index contributed by atoms with van der Waals surface area (Å²) in [5.74, 6) is -0.0804. The van der Waals surface area contributed by atoms with E-state index in [1.807, 2.05) is 0 Å². The number of nitrogens with one attached hydrogen (secondary N) is 2. The lowest BCUT2D eigenvalue weighted by Gasteiger charge is -2.14. The first-order chi connectivity index (χ1) is 13.2. The number of amides is 3. The van der Waals surface area contributed by atoms with Crippen molar-refractivity contribution >= 4 is 17.9 Å².